The number of hydrogen-bond donors (Lipinski definition) is 0. The zero-order valence-corrected chi connectivity index (χ0v) is 14.7. The number of amides is 1. The van der Waals surface area contributed by atoms with E-state index in [-0.39, 0.29) is 17.0 Å². The van der Waals surface area contributed by atoms with E-state index in [2.05, 4.69) is 0 Å². The highest BCUT2D eigenvalue weighted by Gasteiger charge is 2.19. The van der Waals surface area contributed by atoms with Gasteiger partial charge in [-0.25, -0.2) is 0 Å². The largest absolute Gasteiger partial charge is 0.383 e. The zero-order valence-electron chi connectivity index (χ0n) is 14.7. The molecular weight excluding hydrogens is 320 g/mol. The van der Waals surface area contributed by atoms with E-state index in [0.717, 1.165) is 5.56 Å². The molecule has 134 valence electrons. The fourth-order valence-corrected chi connectivity index (χ4v) is 2.49. The van der Waals surface area contributed by atoms with Crippen molar-refractivity contribution in [1.82, 2.24) is 9.47 Å². The molecule has 0 saturated heterocycles. The molecule has 0 aliphatic rings. The quantitative estimate of drug-likeness (QED) is 0.694. The molecule has 25 heavy (non-hydrogen) atoms. The van der Waals surface area contributed by atoms with Crippen molar-refractivity contribution < 1.29 is 14.3 Å². The summed E-state index contributed by atoms with van der Waals surface area (Å²) in [5.41, 5.74) is 0.867. The van der Waals surface area contributed by atoms with Crippen molar-refractivity contribution in [3.63, 3.8) is 0 Å². The number of aromatic nitrogens is 1. The van der Waals surface area contributed by atoms with Crippen molar-refractivity contribution in [1.29, 1.82) is 0 Å². The van der Waals surface area contributed by atoms with Crippen LogP contribution in [0.2, 0.25) is 0 Å². The Kier molecular flexibility index (Phi) is 7.37. The number of rotatable bonds is 9. The average Bonchev–Trinajstić information content (AvgIpc) is 2.64. The summed E-state index contributed by atoms with van der Waals surface area (Å²) in [6.45, 7) is 2.05. The Balaban J connectivity index is 2.23. The number of carbonyl (C=O) groups excluding carboxylic acids is 1. The van der Waals surface area contributed by atoms with Crippen molar-refractivity contribution in [3.8, 4) is 0 Å². The molecule has 6 heteroatoms. The molecule has 0 spiro atoms. The lowest BCUT2D eigenvalue weighted by molar-refractivity contribution is 0.0625. The normalized spacial score (nSPS) is 10.6. The Morgan fingerprint density at radius 3 is 2.24 bits per heavy atom. The molecule has 2 rings (SSSR count). The lowest BCUT2D eigenvalue weighted by atomic mass is 10.2. The smallest absolute Gasteiger partial charge is 0.263 e. The maximum Gasteiger partial charge on any atom is 0.263 e. The SMILES string of the molecule is COCCN(CCOC)C(=O)c1cccn(Cc2ccccc2)c1=O. The Bertz CT molecular complexity index is 720. The third kappa shape index (κ3) is 5.27. The van der Waals surface area contributed by atoms with E-state index in [9.17, 15) is 9.59 Å². The third-order valence-corrected chi connectivity index (χ3v) is 3.86. The van der Waals surface area contributed by atoms with Gasteiger partial charge in [-0.15, -0.1) is 0 Å². The Hall–Kier alpha value is -2.44. The fraction of sp³-hybridized carbons (Fsp3) is 0.368. The van der Waals surface area contributed by atoms with E-state index in [1.807, 2.05) is 30.3 Å². The maximum atomic E-state index is 12.8. The van der Waals surface area contributed by atoms with Gasteiger partial charge in [-0.05, 0) is 17.7 Å². The summed E-state index contributed by atoms with van der Waals surface area (Å²) in [6, 6.07) is 13.0. The van der Waals surface area contributed by atoms with Crippen molar-refractivity contribution in [2.24, 2.45) is 0 Å². The van der Waals surface area contributed by atoms with Crippen LogP contribution in [-0.2, 0) is 16.0 Å². The molecule has 1 aromatic carbocycles. The molecule has 0 bridgehead atoms. The average molecular weight is 344 g/mol. The minimum Gasteiger partial charge on any atom is -0.383 e. The van der Waals surface area contributed by atoms with Crippen LogP contribution >= 0.6 is 0 Å². The van der Waals surface area contributed by atoms with Gasteiger partial charge >= 0.3 is 0 Å². The maximum absolute atomic E-state index is 12.8. The molecule has 0 saturated carbocycles. The number of carbonyl (C=O) groups is 1. The molecule has 6 nitrogen and oxygen atoms in total. The highest BCUT2D eigenvalue weighted by molar-refractivity contribution is 5.93. The Morgan fingerprint density at radius 2 is 1.64 bits per heavy atom. The van der Waals surface area contributed by atoms with Gasteiger partial charge in [-0.2, -0.15) is 0 Å². The van der Waals surface area contributed by atoms with E-state index in [1.54, 1.807) is 42.0 Å². The van der Waals surface area contributed by atoms with Crippen LogP contribution < -0.4 is 5.56 Å². The molecule has 1 aromatic heterocycles. The number of benzene rings is 1. The first-order chi connectivity index (χ1) is 12.2. The first-order valence-electron chi connectivity index (χ1n) is 8.18. The van der Waals surface area contributed by atoms with Crippen LogP contribution in [0.1, 0.15) is 15.9 Å². The molecule has 1 amide bonds. The number of hydrogen-bond acceptors (Lipinski definition) is 4. The van der Waals surface area contributed by atoms with E-state index in [0.29, 0.717) is 32.8 Å². The van der Waals surface area contributed by atoms with Crippen LogP contribution in [0.5, 0.6) is 0 Å². The van der Waals surface area contributed by atoms with Crippen LogP contribution in [-0.4, -0.2) is 55.9 Å². The van der Waals surface area contributed by atoms with Gasteiger partial charge < -0.3 is 18.9 Å². The number of pyridine rings is 1. The number of methoxy groups -OCH3 is 2. The predicted octanol–water partition coefficient (Wildman–Crippen LogP) is 1.63. The van der Waals surface area contributed by atoms with E-state index in [4.69, 9.17) is 9.47 Å². The van der Waals surface area contributed by atoms with Gasteiger partial charge in [0.25, 0.3) is 11.5 Å². The van der Waals surface area contributed by atoms with Crippen LogP contribution in [0.3, 0.4) is 0 Å². The first kappa shape index (κ1) is 18.9. The second-order valence-corrected chi connectivity index (χ2v) is 5.62. The molecule has 0 aliphatic carbocycles. The van der Waals surface area contributed by atoms with Gasteiger partial charge in [0.1, 0.15) is 5.56 Å². The van der Waals surface area contributed by atoms with Crippen LogP contribution in [0.15, 0.2) is 53.5 Å². The highest BCUT2D eigenvalue weighted by Crippen LogP contribution is 2.04. The van der Waals surface area contributed by atoms with Gasteiger partial charge in [0.15, 0.2) is 0 Å². The summed E-state index contributed by atoms with van der Waals surface area (Å²) < 4.78 is 11.7. The molecule has 0 fully saturated rings. The van der Waals surface area contributed by atoms with Gasteiger partial charge in [-0.1, -0.05) is 30.3 Å². The molecule has 0 unspecified atom stereocenters. The summed E-state index contributed by atoms with van der Waals surface area (Å²) in [7, 11) is 3.16. The predicted molar refractivity (Wildman–Crippen MR) is 95.9 cm³/mol. The van der Waals surface area contributed by atoms with Crippen molar-refractivity contribution >= 4 is 5.91 Å². The monoisotopic (exact) mass is 344 g/mol. The Morgan fingerprint density at radius 1 is 1.00 bits per heavy atom. The van der Waals surface area contributed by atoms with E-state index >= 15 is 0 Å². The molecule has 2 aromatic rings. The molecule has 0 radical (unpaired) electrons. The van der Waals surface area contributed by atoms with E-state index < -0.39 is 0 Å². The summed E-state index contributed by atoms with van der Waals surface area (Å²) in [6.07, 6.45) is 1.70. The second kappa shape index (κ2) is 9.76. The minimum absolute atomic E-state index is 0.158. The third-order valence-electron chi connectivity index (χ3n) is 3.86. The van der Waals surface area contributed by atoms with Gasteiger partial charge in [0.2, 0.25) is 0 Å². The molecular formula is C19H24N2O4. The highest BCUT2D eigenvalue weighted by atomic mass is 16.5. The van der Waals surface area contributed by atoms with Crippen LogP contribution in [0.25, 0.3) is 0 Å². The van der Waals surface area contributed by atoms with Gasteiger partial charge in [0, 0.05) is 33.5 Å². The van der Waals surface area contributed by atoms with Crippen molar-refractivity contribution in [2.45, 2.75) is 6.54 Å². The fourth-order valence-electron chi connectivity index (χ4n) is 2.49. The first-order valence-corrected chi connectivity index (χ1v) is 8.18. The zero-order chi connectivity index (χ0) is 18.1. The van der Waals surface area contributed by atoms with E-state index in [1.165, 1.54) is 0 Å². The topological polar surface area (TPSA) is 60.8 Å². The summed E-state index contributed by atoms with van der Waals surface area (Å²) in [5, 5.41) is 0. The number of nitrogens with zero attached hydrogens (tertiary/aromatic N) is 2. The minimum atomic E-state index is -0.304. The molecule has 0 aliphatic heterocycles. The molecule has 0 N–H and O–H groups in total. The molecule has 1 heterocycles. The summed E-state index contributed by atoms with van der Waals surface area (Å²) in [4.78, 5) is 27.1. The lowest BCUT2D eigenvalue weighted by Crippen LogP contribution is -2.40. The summed E-state index contributed by atoms with van der Waals surface area (Å²) >= 11 is 0. The van der Waals surface area contributed by atoms with Crippen molar-refractivity contribution in [2.75, 3.05) is 40.5 Å². The van der Waals surface area contributed by atoms with Crippen LogP contribution in [0, 0.1) is 0 Å². The summed E-state index contributed by atoms with van der Waals surface area (Å²) in [5.74, 6) is -0.304. The molecule has 0 atom stereocenters. The second-order valence-electron chi connectivity index (χ2n) is 5.62. The standard InChI is InChI=1S/C19H24N2O4/c1-24-13-11-20(12-14-25-2)18(22)17-9-6-10-21(19(17)23)15-16-7-4-3-5-8-16/h3-10H,11-15H2,1-2H3. The number of ether oxygens (including phenoxy) is 2. The van der Waals surface area contributed by atoms with Gasteiger partial charge in [-0.3, -0.25) is 9.59 Å². The Labute approximate surface area is 147 Å². The van der Waals surface area contributed by atoms with Gasteiger partial charge in [0.05, 0.1) is 19.8 Å². The van der Waals surface area contributed by atoms with Crippen LogP contribution in [0.4, 0.5) is 0 Å². The van der Waals surface area contributed by atoms with Crippen molar-refractivity contribution in [3.05, 3.63) is 70.1 Å². The lowest BCUT2D eigenvalue weighted by Gasteiger charge is -2.22.